The average Bonchev–Trinajstić information content (AvgIpc) is 2.37. The van der Waals surface area contributed by atoms with Crippen molar-refractivity contribution in [3.63, 3.8) is 0 Å². The van der Waals surface area contributed by atoms with E-state index < -0.39 is 11.9 Å². The van der Waals surface area contributed by atoms with Crippen molar-refractivity contribution < 1.29 is 19.4 Å². The van der Waals surface area contributed by atoms with E-state index in [4.69, 9.17) is 14.6 Å². The van der Waals surface area contributed by atoms with E-state index in [1.807, 2.05) is 18.4 Å². The lowest BCUT2D eigenvalue weighted by Gasteiger charge is -2.15. The maximum atomic E-state index is 10.9. The number of benzene rings is 1. The average molecular weight is 270 g/mol. The Morgan fingerprint density at radius 2 is 2.06 bits per heavy atom. The van der Waals surface area contributed by atoms with Gasteiger partial charge in [-0.05, 0) is 30.4 Å². The fourth-order valence-corrected chi connectivity index (χ4v) is 2.34. The van der Waals surface area contributed by atoms with E-state index in [1.54, 1.807) is 32.9 Å². The molecule has 0 aliphatic rings. The molecule has 0 heterocycles. The van der Waals surface area contributed by atoms with Crippen LogP contribution in [-0.2, 0) is 11.2 Å². The molecule has 0 radical (unpaired) electrons. The number of hydrogen-bond acceptors (Lipinski definition) is 4. The fourth-order valence-electron chi connectivity index (χ4n) is 1.70. The molecule has 1 rings (SSSR count). The van der Waals surface area contributed by atoms with Crippen LogP contribution in [-0.4, -0.2) is 31.6 Å². The van der Waals surface area contributed by atoms with E-state index in [0.29, 0.717) is 12.2 Å². The van der Waals surface area contributed by atoms with Gasteiger partial charge in [0.25, 0.3) is 0 Å². The zero-order valence-electron chi connectivity index (χ0n) is 11.0. The minimum atomic E-state index is -0.814. The monoisotopic (exact) mass is 270 g/mol. The summed E-state index contributed by atoms with van der Waals surface area (Å²) in [6.45, 7) is 1.68. The van der Waals surface area contributed by atoms with Crippen molar-refractivity contribution in [1.29, 1.82) is 0 Å². The van der Waals surface area contributed by atoms with Gasteiger partial charge in [-0.25, -0.2) is 0 Å². The van der Waals surface area contributed by atoms with Gasteiger partial charge >= 0.3 is 5.97 Å². The van der Waals surface area contributed by atoms with Crippen LogP contribution in [0.2, 0.25) is 0 Å². The Labute approximate surface area is 111 Å². The van der Waals surface area contributed by atoms with E-state index >= 15 is 0 Å². The summed E-state index contributed by atoms with van der Waals surface area (Å²) in [4.78, 5) is 11.9. The van der Waals surface area contributed by atoms with Crippen molar-refractivity contribution >= 4 is 17.7 Å². The first kappa shape index (κ1) is 14.7. The van der Waals surface area contributed by atoms with Gasteiger partial charge in [-0.2, -0.15) is 0 Å². The predicted molar refractivity (Wildman–Crippen MR) is 71.8 cm³/mol. The van der Waals surface area contributed by atoms with Crippen LogP contribution in [0.15, 0.2) is 17.0 Å². The Morgan fingerprint density at radius 1 is 1.39 bits per heavy atom. The number of rotatable bonds is 6. The molecular formula is C13H18O4S. The van der Waals surface area contributed by atoms with Crippen molar-refractivity contribution in [2.24, 2.45) is 5.92 Å². The SMILES string of the molecule is COc1cc(CC(C)C(=O)O)c(OC)c(SC)c1. The first-order valence-corrected chi connectivity index (χ1v) is 6.77. The second-order valence-electron chi connectivity index (χ2n) is 3.97. The number of carboxylic acid groups (broad SMARTS) is 1. The third-order valence-electron chi connectivity index (χ3n) is 2.71. The lowest BCUT2D eigenvalue weighted by molar-refractivity contribution is -0.141. The number of methoxy groups -OCH3 is 2. The molecule has 100 valence electrons. The van der Waals surface area contributed by atoms with E-state index in [-0.39, 0.29) is 0 Å². The van der Waals surface area contributed by atoms with Gasteiger partial charge < -0.3 is 14.6 Å². The number of carbonyl (C=O) groups is 1. The van der Waals surface area contributed by atoms with Crippen molar-refractivity contribution in [3.05, 3.63) is 17.7 Å². The largest absolute Gasteiger partial charge is 0.497 e. The second kappa shape index (κ2) is 6.54. The molecule has 0 aliphatic heterocycles. The van der Waals surface area contributed by atoms with Crippen LogP contribution in [0.1, 0.15) is 12.5 Å². The highest BCUT2D eigenvalue weighted by Gasteiger charge is 2.18. The molecule has 1 unspecified atom stereocenters. The molecule has 0 aromatic heterocycles. The topological polar surface area (TPSA) is 55.8 Å². The van der Waals surface area contributed by atoms with Crippen LogP contribution in [0.25, 0.3) is 0 Å². The summed E-state index contributed by atoms with van der Waals surface area (Å²) in [5.41, 5.74) is 0.858. The fraction of sp³-hybridized carbons (Fsp3) is 0.462. The number of thioether (sulfide) groups is 1. The van der Waals surface area contributed by atoms with Gasteiger partial charge in [0.15, 0.2) is 0 Å². The van der Waals surface area contributed by atoms with Crippen LogP contribution in [0.4, 0.5) is 0 Å². The van der Waals surface area contributed by atoms with E-state index in [1.165, 1.54) is 0 Å². The molecule has 18 heavy (non-hydrogen) atoms. The molecule has 1 N–H and O–H groups in total. The van der Waals surface area contributed by atoms with Gasteiger partial charge in [-0.1, -0.05) is 6.92 Å². The summed E-state index contributed by atoms with van der Waals surface area (Å²) in [6.07, 6.45) is 2.37. The van der Waals surface area contributed by atoms with Gasteiger partial charge in [0, 0.05) is 0 Å². The Hall–Kier alpha value is -1.36. The molecule has 5 heteroatoms. The predicted octanol–water partition coefficient (Wildman–Crippen LogP) is 2.69. The van der Waals surface area contributed by atoms with Crippen LogP contribution in [0.3, 0.4) is 0 Å². The molecule has 1 aromatic rings. The number of carboxylic acids is 1. The minimum absolute atomic E-state index is 0.420. The molecule has 0 saturated carbocycles. The molecule has 4 nitrogen and oxygen atoms in total. The quantitative estimate of drug-likeness (QED) is 0.805. The second-order valence-corrected chi connectivity index (χ2v) is 4.81. The Bertz CT molecular complexity index is 431. The maximum Gasteiger partial charge on any atom is 0.306 e. The van der Waals surface area contributed by atoms with Crippen molar-refractivity contribution in [3.8, 4) is 11.5 Å². The van der Waals surface area contributed by atoms with Gasteiger partial charge in [-0.15, -0.1) is 11.8 Å². The van der Waals surface area contributed by atoms with Crippen LogP contribution >= 0.6 is 11.8 Å². The van der Waals surface area contributed by atoms with E-state index in [2.05, 4.69) is 0 Å². The highest BCUT2D eigenvalue weighted by molar-refractivity contribution is 7.98. The van der Waals surface area contributed by atoms with E-state index in [9.17, 15) is 4.79 Å². The summed E-state index contributed by atoms with van der Waals surface area (Å²) in [5, 5.41) is 8.98. The van der Waals surface area contributed by atoms with Crippen LogP contribution in [0.5, 0.6) is 11.5 Å². The maximum absolute atomic E-state index is 10.9. The standard InChI is InChI=1S/C13H18O4S/c1-8(13(14)15)5-9-6-10(16-2)7-11(18-4)12(9)17-3/h6-8H,5H2,1-4H3,(H,14,15). The lowest BCUT2D eigenvalue weighted by Crippen LogP contribution is -2.13. The van der Waals surface area contributed by atoms with Crippen LogP contribution < -0.4 is 9.47 Å². The molecule has 0 aliphatic carbocycles. The van der Waals surface area contributed by atoms with Crippen molar-refractivity contribution in [2.75, 3.05) is 20.5 Å². The first-order chi connectivity index (χ1) is 8.53. The van der Waals surface area contributed by atoms with Crippen molar-refractivity contribution in [2.45, 2.75) is 18.2 Å². The van der Waals surface area contributed by atoms with Crippen LogP contribution in [0, 0.1) is 5.92 Å². The third kappa shape index (κ3) is 3.32. The van der Waals surface area contributed by atoms with Crippen molar-refractivity contribution in [1.82, 2.24) is 0 Å². The van der Waals surface area contributed by atoms with Gasteiger partial charge in [0.1, 0.15) is 11.5 Å². The van der Waals surface area contributed by atoms with Gasteiger partial charge in [0.05, 0.1) is 25.0 Å². The highest BCUT2D eigenvalue weighted by atomic mass is 32.2. The molecule has 0 fully saturated rings. The summed E-state index contributed by atoms with van der Waals surface area (Å²) in [6, 6.07) is 3.72. The summed E-state index contributed by atoms with van der Waals surface area (Å²) < 4.78 is 10.6. The summed E-state index contributed by atoms with van der Waals surface area (Å²) in [5.74, 6) is 0.176. The molecule has 0 bridgehead atoms. The highest BCUT2D eigenvalue weighted by Crippen LogP contribution is 2.36. The molecular weight excluding hydrogens is 252 g/mol. The minimum Gasteiger partial charge on any atom is -0.497 e. The molecule has 0 amide bonds. The third-order valence-corrected chi connectivity index (χ3v) is 3.46. The number of aliphatic carboxylic acids is 1. The lowest BCUT2D eigenvalue weighted by atomic mass is 10.00. The Balaban J connectivity index is 3.18. The smallest absolute Gasteiger partial charge is 0.306 e. The number of ether oxygens (including phenoxy) is 2. The molecule has 0 saturated heterocycles. The molecule has 1 atom stereocenters. The first-order valence-electron chi connectivity index (χ1n) is 5.55. The van der Waals surface area contributed by atoms with E-state index in [0.717, 1.165) is 16.2 Å². The van der Waals surface area contributed by atoms with Gasteiger partial charge in [-0.3, -0.25) is 4.79 Å². The number of hydrogen-bond donors (Lipinski definition) is 1. The summed E-state index contributed by atoms with van der Waals surface area (Å²) in [7, 11) is 3.19. The Kier molecular flexibility index (Phi) is 5.34. The van der Waals surface area contributed by atoms with Gasteiger partial charge in [0.2, 0.25) is 0 Å². The molecule has 1 aromatic carbocycles. The molecule has 0 spiro atoms. The normalized spacial score (nSPS) is 12.0. The summed E-state index contributed by atoms with van der Waals surface area (Å²) >= 11 is 1.55. The zero-order chi connectivity index (χ0) is 13.7. The Morgan fingerprint density at radius 3 is 2.50 bits per heavy atom. The zero-order valence-corrected chi connectivity index (χ0v) is 11.8.